The van der Waals surface area contributed by atoms with Gasteiger partial charge in [0.25, 0.3) is 0 Å². The number of hydrogen-bond acceptors (Lipinski definition) is 3. The number of hydrogen-bond donors (Lipinski definition) is 1. The van der Waals surface area contributed by atoms with Crippen LogP contribution in [0.1, 0.15) is 5.56 Å². The number of pyridine rings is 1. The molecule has 2 N–H and O–H groups in total. The highest BCUT2D eigenvalue weighted by atomic mass is 14.8. The number of aromatic nitrogens is 1. The molecule has 0 unspecified atom stereocenters. The number of nitriles is 1. The fourth-order valence-electron chi connectivity index (χ4n) is 1.56. The Bertz CT molecular complexity index is 527. The molecular formula is C13H11N3. The molecule has 0 fully saturated rings. The Morgan fingerprint density at radius 1 is 1.25 bits per heavy atom. The second-order valence-corrected chi connectivity index (χ2v) is 3.48. The van der Waals surface area contributed by atoms with E-state index < -0.39 is 0 Å². The van der Waals surface area contributed by atoms with Gasteiger partial charge in [0.15, 0.2) is 0 Å². The van der Waals surface area contributed by atoms with E-state index in [1.54, 1.807) is 6.20 Å². The van der Waals surface area contributed by atoms with Crippen molar-refractivity contribution < 1.29 is 0 Å². The van der Waals surface area contributed by atoms with E-state index in [0.717, 1.165) is 16.7 Å². The zero-order valence-corrected chi connectivity index (χ0v) is 8.72. The Morgan fingerprint density at radius 2 is 2.00 bits per heavy atom. The highest BCUT2D eigenvalue weighted by molar-refractivity contribution is 5.74. The summed E-state index contributed by atoms with van der Waals surface area (Å²) in [7, 11) is 0. The highest BCUT2D eigenvalue weighted by Crippen LogP contribution is 2.24. The molecule has 0 bridgehead atoms. The average Bonchev–Trinajstić information content (AvgIpc) is 2.33. The Hall–Kier alpha value is -2.34. The zero-order chi connectivity index (χ0) is 11.4. The van der Waals surface area contributed by atoms with Crippen LogP contribution in [0.25, 0.3) is 11.1 Å². The molecule has 3 heteroatoms. The molecule has 0 atom stereocenters. The maximum atomic E-state index is 8.64. The molecule has 0 amide bonds. The predicted octanol–water partition coefficient (Wildman–Crippen LogP) is 2.40. The summed E-state index contributed by atoms with van der Waals surface area (Å²) < 4.78 is 0. The second kappa shape index (κ2) is 4.45. The summed E-state index contributed by atoms with van der Waals surface area (Å²) >= 11 is 0. The van der Waals surface area contributed by atoms with Crippen LogP contribution in [-0.4, -0.2) is 4.98 Å². The van der Waals surface area contributed by atoms with Gasteiger partial charge in [0, 0.05) is 11.8 Å². The molecule has 16 heavy (non-hydrogen) atoms. The number of nitrogens with two attached hydrogens (primary N) is 1. The van der Waals surface area contributed by atoms with Gasteiger partial charge in [-0.3, -0.25) is 0 Å². The molecule has 3 nitrogen and oxygen atoms in total. The number of nitrogen functional groups attached to an aromatic ring is 1. The van der Waals surface area contributed by atoms with Gasteiger partial charge in [0.05, 0.1) is 12.5 Å². The quantitative estimate of drug-likeness (QED) is 0.826. The van der Waals surface area contributed by atoms with E-state index in [4.69, 9.17) is 11.0 Å². The first-order valence-electron chi connectivity index (χ1n) is 4.98. The minimum Gasteiger partial charge on any atom is -0.383 e. The van der Waals surface area contributed by atoms with Gasteiger partial charge in [-0.05, 0) is 17.2 Å². The molecule has 0 radical (unpaired) electrons. The van der Waals surface area contributed by atoms with Crippen LogP contribution in [-0.2, 0) is 6.42 Å². The molecule has 0 aliphatic heterocycles. The van der Waals surface area contributed by atoms with Crippen molar-refractivity contribution in [2.24, 2.45) is 0 Å². The molecule has 0 aliphatic carbocycles. The lowest BCUT2D eigenvalue weighted by atomic mass is 10.0. The van der Waals surface area contributed by atoms with Gasteiger partial charge < -0.3 is 5.73 Å². The normalized spacial score (nSPS) is 9.69. The van der Waals surface area contributed by atoms with Gasteiger partial charge in [0.2, 0.25) is 0 Å². The van der Waals surface area contributed by atoms with E-state index in [1.165, 1.54) is 0 Å². The van der Waals surface area contributed by atoms with Gasteiger partial charge in [-0.25, -0.2) is 4.98 Å². The van der Waals surface area contributed by atoms with Gasteiger partial charge in [-0.1, -0.05) is 30.3 Å². The minimum atomic E-state index is 0.354. The second-order valence-electron chi connectivity index (χ2n) is 3.48. The summed E-state index contributed by atoms with van der Waals surface area (Å²) in [5.74, 6) is 0.493. The average molecular weight is 209 g/mol. The van der Waals surface area contributed by atoms with Crippen LogP contribution < -0.4 is 5.73 Å². The highest BCUT2D eigenvalue weighted by Gasteiger charge is 2.04. The van der Waals surface area contributed by atoms with Gasteiger partial charge in [0.1, 0.15) is 5.82 Å². The van der Waals surface area contributed by atoms with Crippen molar-refractivity contribution >= 4 is 5.82 Å². The van der Waals surface area contributed by atoms with Crippen LogP contribution in [0.3, 0.4) is 0 Å². The van der Waals surface area contributed by atoms with E-state index in [1.807, 2.05) is 36.4 Å². The SMILES string of the molecule is N#CCc1cnc(N)c(-c2ccccc2)c1. The topological polar surface area (TPSA) is 62.7 Å². The summed E-state index contributed by atoms with van der Waals surface area (Å²) in [6.07, 6.45) is 2.00. The predicted molar refractivity (Wildman–Crippen MR) is 63.4 cm³/mol. The molecular weight excluding hydrogens is 198 g/mol. The van der Waals surface area contributed by atoms with Crippen molar-refractivity contribution in [2.75, 3.05) is 5.73 Å². The first kappa shape index (κ1) is 10.2. The van der Waals surface area contributed by atoms with E-state index in [9.17, 15) is 0 Å². The monoisotopic (exact) mass is 209 g/mol. The Morgan fingerprint density at radius 3 is 2.69 bits per heavy atom. The summed E-state index contributed by atoms with van der Waals surface area (Å²) in [6, 6.07) is 13.8. The van der Waals surface area contributed by atoms with Crippen molar-refractivity contribution in [3.05, 3.63) is 48.2 Å². The van der Waals surface area contributed by atoms with Crippen LogP contribution in [0.5, 0.6) is 0 Å². The summed E-state index contributed by atoms with van der Waals surface area (Å²) in [4.78, 5) is 4.10. The third-order valence-corrected chi connectivity index (χ3v) is 2.34. The van der Waals surface area contributed by atoms with E-state index in [0.29, 0.717) is 12.2 Å². The van der Waals surface area contributed by atoms with Crippen molar-refractivity contribution in [3.63, 3.8) is 0 Å². The van der Waals surface area contributed by atoms with Crippen LogP contribution >= 0.6 is 0 Å². The lowest BCUT2D eigenvalue weighted by Crippen LogP contribution is -1.96. The van der Waals surface area contributed by atoms with Crippen molar-refractivity contribution in [3.8, 4) is 17.2 Å². The number of nitrogens with zero attached hydrogens (tertiary/aromatic N) is 2. The fourth-order valence-corrected chi connectivity index (χ4v) is 1.56. The third kappa shape index (κ3) is 2.01. The summed E-state index contributed by atoms with van der Waals surface area (Å²) in [5.41, 5.74) is 8.61. The van der Waals surface area contributed by atoms with E-state index in [-0.39, 0.29) is 0 Å². The van der Waals surface area contributed by atoms with Crippen molar-refractivity contribution in [2.45, 2.75) is 6.42 Å². The zero-order valence-electron chi connectivity index (χ0n) is 8.72. The number of anilines is 1. The van der Waals surface area contributed by atoms with Crippen LogP contribution in [0.15, 0.2) is 42.6 Å². The summed E-state index contributed by atoms with van der Waals surface area (Å²) in [6.45, 7) is 0. The lowest BCUT2D eigenvalue weighted by Gasteiger charge is -2.06. The van der Waals surface area contributed by atoms with Crippen molar-refractivity contribution in [1.82, 2.24) is 4.98 Å². The van der Waals surface area contributed by atoms with Gasteiger partial charge >= 0.3 is 0 Å². The number of rotatable bonds is 2. The molecule has 1 aromatic carbocycles. The number of benzene rings is 1. The van der Waals surface area contributed by atoms with Gasteiger partial charge in [-0.2, -0.15) is 5.26 Å². The van der Waals surface area contributed by atoms with E-state index >= 15 is 0 Å². The standard InChI is InChI=1S/C13H11N3/c14-7-6-10-8-12(13(15)16-9-10)11-4-2-1-3-5-11/h1-5,8-9H,6H2,(H2,15,16). The first-order valence-corrected chi connectivity index (χ1v) is 4.98. The minimum absolute atomic E-state index is 0.354. The fraction of sp³-hybridized carbons (Fsp3) is 0.0769. The van der Waals surface area contributed by atoms with Gasteiger partial charge in [-0.15, -0.1) is 0 Å². The molecule has 1 aromatic heterocycles. The first-order chi connectivity index (χ1) is 7.81. The van der Waals surface area contributed by atoms with Crippen molar-refractivity contribution in [1.29, 1.82) is 5.26 Å². The van der Waals surface area contributed by atoms with E-state index in [2.05, 4.69) is 11.1 Å². The van der Waals surface area contributed by atoms with Crippen LogP contribution in [0.2, 0.25) is 0 Å². The molecule has 2 aromatic rings. The molecule has 78 valence electrons. The maximum absolute atomic E-state index is 8.64. The van der Waals surface area contributed by atoms with Crippen LogP contribution in [0.4, 0.5) is 5.82 Å². The van der Waals surface area contributed by atoms with Crippen LogP contribution in [0, 0.1) is 11.3 Å². The Kier molecular flexibility index (Phi) is 2.84. The Labute approximate surface area is 94.2 Å². The molecule has 1 heterocycles. The largest absolute Gasteiger partial charge is 0.383 e. The molecule has 2 rings (SSSR count). The molecule has 0 aliphatic rings. The molecule has 0 saturated heterocycles. The summed E-state index contributed by atoms with van der Waals surface area (Å²) in [5, 5.41) is 8.64. The molecule has 0 saturated carbocycles. The lowest BCUT2D eigenvalue weighted by molar-refractivity contribution is 1.20. The third-order valence-electron chi connectivity index (χ3n) is 2.34. The smallest absolute Gasteiger partial charge is 0.131 e. The molecule has 0 spiro atoms. The maximum Gasteiger partial charge on any atom is 0.131 e. The Balaban J connectivity index is 2.48.